The van der Waals surface area contributed by atoms with Gasteiger partial charge in [0.15, 0.2) is 0 Å². The van der Waals surface area contributed by atoms with Gasteiger partial charge >= 0.3 is 0 Å². The third-order valence-electron chi connectivity index (χ3n) is 0.777. The topological polar surface area (TPSA) is 26.0 Å². The van der Waals surface area contributed by atoms with Gasteiger partial charge in [0.2, 0.25) is 0 Å². The van der Waals surface area contributed by atoms with Gasteiger partial charge in [0.05, 0.1) is 0 Å². The lowest BCUT2D eigenvalue weighted by atomic mass is 10.1. The fraction of sp³-hybridized carbons (Fsp3) is 0.714. The standard InChI is InChI=1S/C7H14ClNS/c1-7(2,9)6-10-5-3-4-8/h3-4H,5-6,9H2,1-2H3/b4-3+. The molecule has 0 rings (SSSR count). The summed E-state index contributed by atoms with van der Waals surface area (Å²) >= 11 is 7.11. The molecule has 1 nitrogen and oxygen atoms in total. The summed E-state index contributed by atoms with van der Waals surface area (Å²) in [4.78, 5) is 0. The van der Waals surface area contributed by atoms with E-state index in [0.29, 0.717) is 0 Å². The third-order valence-corrected chi connectivity index (χ3v) is 2.33. The van der Waals surface area contributed by atoms with E-state index in [2.05, 4.69) is 0 Å². The first-order valence-electron chi connectivity index (χ1n) is 3.18. The van der Waals surface area contributed by atoms with Crippen LogP contribution < -0.4 is 5.73 Å². The number of nitrogens with two attached hydrogens (primary N) is 1. The van der Waals surface area contributed by atoms with Crippen LogP contribution >= 0.6 is 23.4 Å². The van der Waals surface area contributed by atoms with E-state index < -0.39 is 0 Å². The molecule has 0 saturated heterocycles. The van der Waals surface area contributed by atoms with E-state index in [1.54, 1.807) is 11.8 Å². The molecule has 0 fully saturated rings. The minimum atomic E-state index is -0.0647. The van der Waals surface area contributed by atoms with Crippen molar-refractivity contribution < 1.29 is 0 Å². The molecule has 0 spiro atoms. The lowest BCUT2D eigenvalue weighted by molar-refractivity contribution is 0.591. The van der Waals surface area contributed by atoms with Gasteiger partial charge in [-0.05, 0) is 13.8 Å². The highest BCUT2D eigenvalue weighted by molar-refractivity contribution is 7.99. The second-order valence-corrected chi connectivity index (χ2v) is 4.15. The Morgan fingerprint density at radius 1 is 1.60 bits per heavy atom. The molecule has 0 aliphatic heterocycles. The molecule has 60 valence electrons. The van der Waals surface area contributed by atoms with Crippen LogP contribution in [0.15, 0.2) is 11.6 Å². The van der Waals surface area contributed by atoms with Gasteiger partial charge in [-0.15, -0.1) is 0 Å². The lowest BCUT2D eigenvalue weighted by Gasteiger charge is -2.16. The van der Waals surface area contributed by atoms with Crippen molar-refractivity contribution in [2.45, 2.75) is 19.4 Å². The van der Waals surface area contributed by atoms with Crippen LogP contribution in [0.3, 0.4) is 0 Å². The zero-order valence-electron chi connectivity index (χ0n) is 6.43. The van der Waals surface area contributed by atoms with E-state index in [4.69, 9.17) is 17.3 Å². The highest BCUT2D eigenvalue weighted by atomic mass is 35.5. The van der Waals surface area contributed by atoms with Gasteiger partial charge in [-0.25, -0.2) is 0 Å². The second kappa shape index (κ2) is 5.05. The highest BCUT2D eigenvalue weighted by Crippen LogP contribution is 2.09. The van der Waals surface area contributed by atoms with E-state index in [1.165, 1.54) is 5.54 Å². The average molecular weight is 180 g/mol. The van der Waals surface area contributed by atoms with Crippen LogP contribution in [-0.2, 0) is 0 Å². The Labute approximate surface area is 72.0 Å². The monoisotopic (exact) mass is 179 g/mol. The Morgan fingerprint density at radius 3 is 2.60 bits per heavy atom. The normalized spacial score (nSPS) is 12.8. The summed E-state index contributed by atoms with van der Waals surface area (Å²) in [6.07, 6.45) is 1.91. The van der Waals surface area contributed by atoms with Gasteiger partial charge in [0, 0.05) is 22.6 Å². The number of hydrogen-bond donors (Lipinski definition) is 1. The number of hydrogen-bond acceptors (Lipinski definition) is 2. The van der Waals surface area contributed by atoms with Crippen molar-refractivity contribution >= 4 is 23.4 Å². The summed E-state index contributed by atoms with van der Waals surface area (Å²) in [7, 11) is 0. The fourth-order valence-electron chi connectivity index (χ4n) is 0.426. The summed E-state index contributed by atoms with van der Waals surface area (Å²) < 4.78 is 0. The molecule has 0 saturated carbocycles. The molecule has 10 heavy (non-hydrogen) atoms. The Kier molecular flexibility index (Phi) is 5.22. The van der Waals surface area contributed by atoms with Gasteiger partial charge in [-0.3, -0.25) is 0 Å². The molecule has 0 heterocycles. The van der Waals surface area contributed by atoms with Gasteiger partial charge in [-0.2, -0.15) is 11.8 Å². The number of rotatable bonds is 4. The fourth-order valence-corrected chi connectivity index (χ4v) is 1.50. The summed E-state index contributed by atoms with van der Waals surface area (Å²) in [6, 6.07) is 0. The van der Waals surface area contributed by atoms with E-state index >= 15 is 0 Å². The van der Waals surface area contributed by atoms with Crippen molar-refractivity contribution in [2.24, 2.45) is 5.73 Å². The van der Waals surface area contributed by atoms with E-state index in [9.17, 15) is 0 Å². The second-order valence-electron chi connectivity index (χ2n) is 2.87. The third kappa shape index (κ3) is 8.34. The van der Waals surface area contributed by atoms with Crippen LogP contribution in [0, 0.1) is 0 Å². The molecule has 0 unspecified atom stereocenters. The SMILES string of the molecule is CC(C)(N)CSC/C=C/Cl. The molecule has 0 amide bonds. The Morgan fingerprint density at radius 2 is 2.20 bits per heavy atom. The van der Waals surface area contributed by atoms with Gasteiger partial charge in [0.25, 0.3) is 0 Å². The molecule has 0 bridgehead atoms. The Balaban J connectivity index is 3.20. The molecule has 0 radical (unpaired) electrons. The molecule has 0 aliphatic carbocycles. The minimum Gasteiger partial charge on any atom is -0.325 e. The van der Waals surface area contributed by atoms with Gasteiger partial charge in [0.1, 0.15) is 0 Å². The largest absolute Gasteiger partial charge is 0.325 e. The molecule has 0 aromatic carbocycles. The maximum Gasteiger partial charge on any atom is 0.0188 e. The van der Waals surface area contributed by atoms with Gasteiger partial charge in [-0.1, -0.05) is 17.7 Å². The zero-order valence-corrected chi connectivity index (χ0v) is 8.00. The van der Waals surface area contributed by atoms with Crippen LogP contribution in [0.4, 0.5) is 0 Å². The average Bonchev–Trinajstić information content (AvgIpc) is 1.78. The number of halogens is 1. The van der Waals surface area contributed by atoms with Crippen LogP contribution in [0.25, 0.3) is 0 Å². The Hall–Kier alpha value is 0.340. The summed E-state index contributed by atoms with van der Waals surface area (Å²) in [6.45, 7) is 4.04. The smallest absolute Gasteiger partial charge is 0.0188 e. The van der Waals surface area contributed by atoms with E-state index in [1.807, 2.05) is 19.9 Å². The molecule has 0 aromatic rings. The molecular weight excluding hydrogens is 166 g/mol. The summed E-state index contributed by atoms with van der Waals surface area (Å²) in [5.41, 5.74) is 7.21. The maximum atomic E-state index is 5.74. The van der Waals surface area contributed by atoms with Crippen molar-refractivity contribution in [1.29, 1.82) is 0 Å². The highest BCUT2D eigenvalue weighted by Gasteiger charge is 2.08. The first-order chi connectivity index (χ1) is 4.56. The lowest BCUT2D eigenvalue weighted by Crippen LogP contribution is -2.34. The van der Waals surface area contributed by atoms with Crippen molar-refractivity contribution in [1.82, 2.24) is 0 Å². The van der Waals surface area contributed by atoms with Crippen LogP contribution in [0.2, 0.25) is 0 Å². The summed E-state index contributed by atoms with van der Waals surface area (Å²) in [5, 5.41) is 0. The van der Waals surface area contributed by atoms with Crippen molar-refractivity contribution in [3.05, 3.63) is 11.6 Å². The Bertz CT molecular complexity index is 107. The van der Waals surface area contributed by atoms with Gasteiger partial charge < -0.3 is 5.73 Å². The van der Waals surface area contributed by atoms with Crippen LogP contribution in [-0.4, -0.2) is 17.0 Å². The first-order valence-corrected chi connectivity index (χ1v) is 4.77. The predicted molar refractivity (Wildman–Crippen MR) is 50.6 cm³/mol. The minimum absolute atomic E-state index is 0.0647. The molecular formula is C7H14ClNS. The number of thioether (sulfide) groups is 1. The van der Waals surface area contributed by atoms with E-state index in [0.717, 1.165) is 11.5 Å². The van der Waals surface area contributed by atoms with Crippen LogP contribution in [0.1, 0.15) is 13.8 Å². The molecule has 0 aromatic heterocycles. The van der Waals surface area contributed by atoms with Crippen molar-refractivity contribution in [3.8, 4) is 0 Å². The molecule has 2 N–H and O–H groups in total. The molecule has 0 aliphatic rings. The molecule has 0 atom stereocenters. The zero-order chi connectivity index (χ0) is 8.04. The van der Waals surface area contributed by atoms with Crippen molar-refractivity contribution in [2.75, 3.05) is 11.5 Å². The van der Waals surface area contributed by atoms with Crippen molar-refractivity contribution in [3.63, 3.8) is 0 Å². The summed E-state index contributed by atoms with van der Waals surface area (Å²) in [5.74, 6) is 1.92. The van der Waals surface area contributed by atoms with E-state index in [-0.39, 0.29) is 5.54 Å². The first kappa shape index (κ1) is 10.3. The molecule has 3 heteroatoms. The predicted octanol–water partition coefficient (Wildman–Crippen LogP) is 2.21. The maximum absolute atomic E-state index is 5.74. The quantitative estimate of drug-likeness (QED) is 0.670. The van der Waals surface area contributed by atoms with Crippen LogP contribution in [0.5, 0.6) is 0 Å².